The number of hydrogen-bond donors (Lipinski definition) is 0. The Morgan fingerprint density at radius 2 is 1.84 bits per heavy atom. The number of anilines is 1. The van der Waals surface area contributed by atoms with Crippen molar-refractivity contribution < 1.29 is 18.2 Å². The first-order valence-electron chi connectivity index (χ1n) is 9.94. The molecule has 1 saturated heterocycles. The Bertz CT molecular complexity index is 1090. The molecule has 0 spiro atoms. The molecule has 3 aromatic rings. The summed E-state index contributed by atoms with van der Waals surface area (Å²) in [4.78, 5) is 17.5. The Kier molecular flexibility index (Phi) is 6.63. The Balaban J connectivity index is 1.35. The summed E-state index contributed by atoms with van der Waals surface area (Å²) in [5, 5.41) is 0.536. The lowest BCUT2D eigenvalue weighted by atomic mass is 10.2. The standard InChI is InChI=1S/C23H23ClN2O4S/c1-29-19-6-3-5-18(15-19)25-10-12-26(13-11-25)23(27)22-9-8-20(30-22)16-31(28)21-7-2-4-17(24)14-21/h2-9,14-15H,10-13,16H2,1H3/t31-/m1/s1. The van der Waals surface area contributed by atoms with E-state index in [1.54, 1.807) is 48.4 Å². The number of carbonyl (C=O) groups excluding carboxylic acids is 1. The highest BCUT2D eigenvalue weighted by atomic mass is 35.5. The lowest BCUT2D eigenvalue weighted by molar-refractivity contribution is 0.0713. The van der Waals surface area contributed by atoms with Gasteiger partial charge in [0.1, 0.15) is 11.5 Å². The first-order valence-corrected chi connectivity index (χ1v) is 11.6. The van der Waals surface area contributed by atoms with Gasteiger partial charge in [0.15, 0.2) is 5.76 Å². The van der Waals surface area contributed by atoms with Gasteiger partial charge in [0.2, 0.25) is 0 Å². The minimum Gasteiger partial charge on any atom is -0.497 e. The van der Waals surface area contributed by atoms with E-state index in [-0.39, 0.29) is 17.4 Å². The van der Waals surface area contributed by atoms with Crippen molar-refractivity contribution in [3.63, 3.8) is 0 Å². The number of methoxy groups -OCH3 is 1. The van der Waals surface area contributed by atoms with E-state index in [2.05, 4.69) is 4.90 Å². The number of carbonyl (C=O) groups is 1. The molecule has 1 amide bonds. The van der Waals surface area contributed by atoms with Gasteiger partial charge >= 0.3 is 0 Å². The molecule has 1 aromatic heterocycles. The van der Waals surface area contributed by atoms with E-state index < -0.39 is 10.8 Å². The molecule has 31 heavy (non-hydrogen) atoms. The topological polar surface area (TPSA) is 63.0 Å². The minimum atomic E-state index is -1.30. The SMILES string of the molecule is COc1cccc(N2CCN(C(=O)c3ccc(C[S@@](=O)c4cccc(Cl)c4)o3)CC2)c1. The van der Waals surface area contributed by atoms with Gasteiger partial charge in [0, 0.05) is 47.9 Å². The van der Waals surface area contributed by atoms with Crippen molar-refractivity contribution in [1.82, 2.24) is 4.90 Å². The van der Waals surface area contributed by atoms with E-state index >= 15 is 0 Å². The molecule has 0 radical (unpaired) electrons. The van der Waals surface area contributed by atoms with Crippen LogP contribution in [0.5, 0.6) is 5.75 Å². The van der Waals surface area contributed by atoms with Crippen LogP contribution in [0.25, 0.3) is 0 Å². The average molecular weight is 459 g/mol. The second-order valence-electron chi connectivity index (χ2n) is 7.19. The summed E-state index contributed by atoms with van der Waals surface area (Å²) >= 11 is 5.97. The van der Waals surface area contributed by atoms with Crippen molar-refractivity contribution in [2.75, 3.05) is 38.2 Å². The number of halogens is 1. The van der Waals surface area contributed by atoms with E-state index in [1.807, 2.05) is 24.3 Å². The molecule has 8 heteroatoms. The zero-order valence-electron chi connectivity index (χ0n) is 17.1. The number of rotatable bonds is 6. The molecule has 6 nitrogen and oxygen atoms in total. The van der Waals surface area contributed by atoms with E-state index in [4.69, 9.17) is 20.8 Å². The molecule has 1 aliphatic rings. The molecule has 0 bridgehead atoms. The van der Waals surface area contributed by atoms with E-state index in [0.717, 1.165) is 24.5 Å². The van der Waals surface area contributed by atoms with Crippen molar-refractivity contribution in [3.05, 3.63) is 77.2 Å². The van der Waals surface area contributed by atoms with Crippen LogP contribution in [0.3, 0.4) is 0 Å². The van der Waals surface area contributed by atoms with Gasteiger partial charge in [-0.2, -0.15) is 0 Å². The van der Waals surface area contributed by atoms with Gasteiger partial charge in [-0.3, -0.25) is 9.00 Å². The maximum Gasteiger partial charge on any atom is 0.289 e. The van der Waals surface area contributed by atoms with Crippen LogP contribution >= 0.6 is 11.6 Å². The second kappa shape index (κ2) is 9.58. The lowest BCUT2D eigenvalue weighted by Gasteiger charge is -2.35. The van der Waals surface area contributed by atoms with Crippen LogP contribution in [-0.2, 0) is 16.6 Å². The van der Waals surface area contributed by atoms with Crippen LogP contribution in [0, 0.1) is 0 Å². The Hall–Kier alpha value is -2.77. The van der Waals surface area contributed by atoms with Gasteiger partial charge < -0.3 is 19.0 Å². The normalized spacial score (nSPS) is 15.0. The third kappa shape index (κ3) is 5.11. The van der Waals surface area contributed by atoms with E-state index in [0.29, 0.717) is 28.8 Å². The number of amides is 1. The highest BCUT2D eigenvalue weighted by Crippen LogP contribution is 2.23. The molecule has 0 unspecified atom stereocenters. The predicted octanol–water partition coefficient (Wildman–Crippen LogP) is 4.21. The zero-order valence-corrected chi connectivity index (χ0v) is 18.7. The van der Waals surface area contributed by atoms with Crippen molar-refractivity contribution >= 4 is 34.0 Å². The van der Waals surface area contributed by atoms with Gasteiger partial charge in [0.05, 0.1) is 23.7 Å². The molecular formula is C23H23ClN2O4S. The quantitative estimate of drug-likeness (QED) is 0.553. The highest BCUT2D eigenvalue weighted by molar-refractivity contribution is 7.84. The van der Waals surface area contributed by atoms with Gasteiger partial charge in [0.25, 0.3) is 5.91 Å². The van der Waals surface area contributed by atoms with Gasteiger partial charge in [-0.25, -0.2) is 0 Å². The van der Waals surface area contributed by atoms with Gasteiger partial charge in [-0.05, 0) is 42.5 Å². The third-order valence-electron chi connectivity index (χ3n) is 5.19. The molecule has 2 heterocycles. The number of hydrogen-bond acceptors (Lipinski definition) is 5. The van der Waals surface area contributed by atoms with Crippen molar-refractivity contribution in [2.45, 2.75) is 10.6 Å². The summed E-state index contributed by atoms with van der Waals surface area (Å²) in [6.45, 7) is 2.65. The number of nitrogens with zero attached hydrogens (tertiary/aromatic N) is 2. The zero-order chi connectivity index (χ0) is 21.8. The first-order chi connectivity index (χ1) is 15.0. The van der Waals surface area contributed by atoms with Crippen LogP contribution in [0.1, 0.15) is 16.3 Å². The molecular weight excluding hydrogens is 436 g/mol. The Morgan fingerprint density at radius 1 is 1.06 bits per heavy atom. The van der Waals surface area contributed by atoms with Crippen molar-refractivity contribution in [2.24, 2.45) is 0 Å². The molecule has 1 aliphatic heterocycles. The van der Waals surface area contributed by atoms with Gasteiger partial charge in [-0.1, -0.05) is 23.7 Å². The minimum absolute atomic E-state index is 0.148. The largest absolute Gasteiger partial charge is 0.497 e. The fraction of sp³-hybridized carbons (Fsp3) is 0.261. The van der Waals surface area contributed by atoms with Crippen LogP contribution in [-0.4, -0.2) is 48.3 Å². The van der Waals surface area contributed by atoms with Crippen LogP contribution in [0.15, 0.2) is 70.0 Å². The maximum atomic E-state index is 12.9. The first kappa shape index (κ1) is 21.5. The molecule has 4 rings (SSSR count). The van der Waals surface area contributed by atoms with Gasteiger partial charge in [-0.15, -0.1) is 0 Å². The summed E-state index contributed by atoms with van der Waals surface area (Å²) in [7, 11) is 0.353. The van der Waals surface area contributed by atoms with Crippen LogP contribution in [0.4, 0.5) is 5.69 Å². The number of benzene rings is 2. The smallest absolute Gasteiger partial charge is 0.289 e. The van der Waals surface area contributed by atoms with Crippen molar-refractivity contribution in [1.29, 1.82) is 0 Å². The number of piperazine rings is 1. The molecule has 2 aromatic carbocycles. The fourth-order valence-electron chi connectivity index (χ4n) is 3.52. The lowest BCUT2D eigenvalue weighted by Crippen LogP contribution is -2.48. The monoisotopic (exact) mass is 458 g/mol. The highest BCUT2D eigenvalue weighted by Gasteiger charge is 2.25. The average Bonchev–Trinajstić information content (AvgIpc) is 3.27. The predicted molar refractivity (Wildman–Crippen MR) is 121 cm³/mol. The number of furan rings is 1. The maximum absolute atomic E-state index is 12.9. The Morgan fingerprint density at radius 3 is 2.58 bits per heavy atom. The summed E-state index contributed by atoms with van der Waals surface area (Å²) < 4.78 is 23.6. The number of ether oxygens (including phenoxy) is 1. The molecule has 1 atom stereocenters. The summed E-state index contributed by atoms with van der Waals surface area (Å²) in [5.74, 6) is 1.64. The molecule has 0 aliphatic carbocycles. The summed E-state index contributed by atoms with van der Waals surface area (Å²) in [5.41, 5.74) is 1.08. The second-order valence-corrected chi connectivity index (χ2v) is 9.08. The van der Waals surface area contributed by atoms with Crippen LogP contribution in [0.2, 0.25) is 5.02 Å². The third-order valence-corrected chi connectivity index (χ3v) is 6.75. The van der Waals surface area contributed by atoms with Crippen molar-refractivity contribution in [3.8, 4) is 5.75 Å². The molecule has 162 valence electrons. The summed E-state index contributed by atoms with van der Waals surface area (Å²) in [6.07, 6.45) is 0. The fourth-order valence-corrected chi connectivity index (χ4v) is 4.85. The molecule has 0 N–H and O–H groups in total. The van der Waals surface area contributed by atoms with Crippen LogP contribution < -0.4 is 9.64 Å². The Labute approximate surface area is 188 Å². The van der Waals surface area contributed by atoms with E-state index in [9.17, 15) is 9.00 Å². The molecule has 1 fully saturated rings. The molecule has 0 saturated carbocycles. The summed E-state index contributed by atoms with van der Waals surface area (Å²) in [6, 6.07) is 18.2. The van der Waals surface area contributed by atoms with E-state index in [1.165, 1.54) is 0 Å².